The summed E-state index contributed by atoms with van der Waals surface area (Å²) in [6.07, 6.45) is -23.0. The first-order valence-corrected chi connectivity index (χ1v) is 22.2. The van der Waals surface area contributed by atoms with Crippen molar-refractivity contribution in [3.8, 4) is 5.75 Å². The van der Waals surface area contributed by atoms with E-state index in [2.05, 4.69) is 23.6 Å². The molecule has 19 nitrogen and oxygen atoms in total. The SMILES string of the molecule is CC(C)N1CCN(c2ccc(C3OCC4O[C@@H](O[C@H]5C(CO)O[C@@H](O[C@H]6C(CO)O[C@@H](Oc7ccc(CCC(=O)C(C)(C)C)cc7)C(O)[C@@H]6O)C(O)[C@@H]5O)C(O)[C@H](O)[C@H]4O3)cc2)CC1. The Morgan fingerprint density at radius 3 is 1.81 bits per heavy atom. The number of rotatable bonds is 14. The Morgan fingerprint density at radius 2 is 1.25 bits per heavy atom. The minimum Gasteiger partial charge on any atom is -0.462 e. The smallest absolute Gasteiger partial charge is 0.229 e. The van der Waals surface area contributed by atoms with Gasteiger partial charge in [0.15, 0.2) is 18.9 Å². The molecule has 7 rings (SSSR count). The van der Waals surface area contributed by atoms with Crippen molar-refractivity contribution in [2.45, 2.75) is 152 Å². The van der Waals surface area contributed by atoms with Crippen LogP contribution in [0.5, 0.6) is 5.75 Å². The number of aryl methyl sites for hydroxylation is 1. The third kappa shape index (κ3) is 10.9. The Hall–Kier alpha value is -2.93. The van der Waals surface area contributed by atoms with Crippen molar-refractivity contribution < 1.29 is 83.5 Å². The van der Waals surface area contributed by atoms with Gasteiger partial charge in [-0.1, -0.05) is 45.0 Å². The number of piperazine rings is 1. The predicted molar refractivity (Wildman–Crippen MR) is 225 cm³/mol. The van der Waals surface area contributed by atoms with Gasteiger partial charge in [0.1, 0.15) is 84.8 Å². The van der Waals surface area contributed by atoms with E-state index < -0.39 is 117 Å². The first-order valence-electron chi connectivity index (χ1n) is 22.2. The zero-order chi connectivity index (χ0) is 46.0. The average molecular weight is 907 g/mol. The number of ketones is 1. The summed E-state index contributed by atoms with van der Waals surface area (Å²) in [6, 6.07) is 15.1. The van der Waals surface area contributed by atoms with Gasteiger partial charge in [-0.3, -0.25) is 9.69 Å². The second-order valence-corrected chi connectivity index (χ2v) is 18.5. The molecular formula is C45H66N2O17. The van der Waals surface area contributed by atoms with Gasteiger partial charge in [-0.2, -0.15) is 0 Å². The maximum Gasteiger partial charge on any atom is 0.229 e. The third-order valence-corrected chi connectivity index (χ3v) is 12.8. The number of aliphatic hydroxyl groups excluding tert-OH is 8. The Bertz CT molecular complexity index is 1790. The highest BCUT2D eigenvalue weighted by molar-refractivity contribution is 5.83. The van der Waals surface area contributed by atoms with Crippen LogP contribution in [-0.2, 0) is 44.4 Å². The molecule has 5 fully saturated rings. The van der Waals surface area contributed by atoms with Crippen molar-refractivity contribution in [1.29, 1.82) is 0 Å². The first-order chi connectivity index (χ1) is 30.5. The molecule has 358 valence electrons. The number of anilines is 1. The Balaban J connectivity index is 0.915. The van der Waals surface area contributed by atoms with Gasteiger partial charge in [-0.15, -0.1) is 0 Å². The lowest BCUT2D eigenvalue weighted by molar-refractivity contribution is -0.392. The van der Waals surface area contributed by atoms with Crippen LogP contribution < -0.4 is 9.64 Å². The summed E-state index contributed by atoms with van der Waals surface area (Å²) < 4.78 is 47.1. The molecular weight excluding hydrogens is 840 g/mol. The summed E-state index contributed by atoms with van der Waals surface area (Å²) in [5, 5.41) is 87.6. The fraction of sp³-hybridized carbons (Fsp3) is 0.711. The summed E-state index contributed by atoms with van der Waals surface area (Å²) in [4.78, 5) is 17.1. The molecule has 0 bridgehead atoms. The molecule has 8 N–H and O–H groups in total. The minimum absolute atomic E-state index is 0.0492. The summed E-state index contributed by atoms with van der Waals surface area (Å²) >= 11 is 0. The number of carbonyl (C=O) groups excluding carboxylic acids is 1. The summed E-state index contributed by atoms with van der Waals surface area (Å²) in [5.41, 5.74) is 2.23. The van der Waals surface area contributed by atoms with Crippen LogP contribution in [0.3, 0.4) is 0 Å². The number of aliphatic hydroxyl groups is 8. The molecule has 0 radical (unpaired) electrons. The predicted octanol–water partition coefficient (Wildman–Crippen LogP) is -0.647. The highest BCUT2D eigenvalue weighted by Gasteiger charge is 2.55. The highest BCUT2D eigenvalue weighted by atomic mass is 16.8. The molecule has 0 amide bonds. The molecule has 16 atom stereocenters. The van der Waals surface area contributed by atoms with E-state index >= 15 is 0 Å². The highest BCUT2D eigenvalue weighted by Crippen LogP contribution is 2.37. The fourth-order valence-corrected chi connectivity index (χ4v) is 8.66. The normalized spacial score (nSPS) is 37.6. The van der Waals surface area contributed by atoms with Crippen LogP contribution in [0.25, 0.3) is 0 Å². The third-order valence-electron chi connectivity index (χ3n) is 12.8. The van der Waals surface area contributed by atoms with Gasteiger partial charge in [-0.25, -0.2) is 0 Å². The number of hydrogen-bond acceptors (Lipinski definition) is 19. The number of carbonyl (C=O) groups is 1. The van der Waals surface area contributed by atoms with E-state index in [9.17, 15) is 45.6 Å². The van der Waals surface area contributed by atoms with Gasteiger partial charge in [0.2, 0.25) is 6.29 Å². The van der Waals surface area contributed by atoms with E-state index in [1.807, 2.05) is 45.0 Å². The monoisotopic (exact) mass is 906 g/mol. The number of Topliss-reactive ketones (excluding diaryl/α,β-unsaturated/α-hetero) is 1. The van der Waals surface area contributed by atoms with Crippen LogP contribution in [0.4, 0.5) is 5.69 Å². The van der Waals surface area contributed by atoms with E-state index in [-0.39, 0.29) is 18.1 Å². The standard InChI is InChI=1S/C45H66N2O17/c1-23(2)46-16-18-47(19-17-46)26-11-9-25(10-12-26)41-57-22-30-40(62-41)34(53)37(56)44(61-30)64-39-29(21-49)60-43(36(55)33(39)52)63-38-28(20-48)59-42(35(54)32(38)51)58-27-13-6-24(7-14-27)8-15-31(50)45(3,4)5/h6-7,9-14,23,28-30,32-44,48-49,51-56H,8,15-22H2,1-5H3/t28?,29?,30?,32-,33-,34-,35?,36?,37?,38-,39-,40-,41?,42+,43-,44-/m0/s1. The maximum atomic E-state index is 12.3. The number of hydrogen-bond donors (Lipinski definition) is 8. The Kier molecular flexibility index (Phi) is 16.0. The van der Waals surface area contributed by atoms with Crippen molar-refractivity contribution >= 4 is 11.5 Å². The number of fused-ring (bicyclic) bond motifs is 1. The van der Waals surface area contributed by atoms with E-state index in [0.29, 0.717) is 24.4 Å². The molecule has 0 aromatic heterocycles. The maximum absolute atomic E-state index is 12.3. The van der Waals surface area contributed by atoms with Crippen molar-refractivity contribution in [3.05, 3.63) is 59.7 Å². The molecule has 0 spiro atoms. The van der Waals surface area contributed by atoms with Crippen molar-refractivity contribution in [2.24, 2.45) is 5.41 Å². The quantitative estimate of drug-likeness (QED) is 0.117. The Morgan fingerprint density at radius 1 is 0.703 bits per heavy atom. The number of benzene rings is 2. The first kappa shape index (κ1) is 49.0. The van der Waals surface area contributed by atoms with E-state index in [4.69, 9.17) is 37.9 Å². The second kappa shape index (κ2) is 20.9. The van der Waals surface area contributed by atoms with Crippen LogP contribution in [0.2, 0.25) is 0 Å². The Labute approximate surface area is 372 Å². The summed E-state index contributed by atoms with van der Waals surface area (Å²) in [7, 11) is 0. The van der Waals surface area contributed by atoms with Crippen LogP contribution in [-0.4, -0.2) is 196 Å². The molecule has 7 unspecified atom stereocenters. The molecule has 64 heavy (non-hydrogen) atoms. The molecule has 2 aromatic carbocycles. The number of ether oxygens (including phenoxy) is 8. The molecule has 5 aliphatic heterocycles. The van der Waals surface area contributed by atoms with E-state index in [1.165, 1.54) is 0 Å². The lowest BCUT2D eigenvalue weighted by Gasteiger charge is -2.49. The molecule has 0 aliphatic carbocycles. The van der Waals surface area contributed by atoms with Crippen molar-refractivity contribution in [3.63, 3.8) is 0 Å². The van der Waals surface area contributed by atoms with Crippen LogP contribution in [0.1, 0.15) is 58.5 Å². The molecule has 5 saturated heterocycles. The van der Waals surface area contributed by atoms with Gasteiger partial charge in [0, 0.05) is 55.3 Å². The van der Waals surface area contributed by atoms with Gasteiger partial charge in [0.25, 0.3) is 0 Å². The molecule has 0 saturated carbocycles. The zero-order valence-corrected chi connectivity index (χ0v) is 36.9. The lowest BCUT2D eigenvalue weighted by atomic mass is 9.87. The van der Waals surface area contributed by atoms with Gasteiger partial charge >= 0.3 is 0 Å². The second-order valence-electron chi connectivity index (χ2n) is 18.5. The van der Waals surface area contributed by atoms with Gasteiger partial charge in [0.05, 0.1) is 19.8 Å². The number of nitrogens with zero attached hydrogens (tertiary/aromatic N) is 2. The van der Waals surface area contributed by atoms with Gasteiger partial charge < -0.3 is 83.6 Å². The molecule has 19 heteroatoms. The van der Waals surface area contributed by atoms with Crippen LogP contribution in [0, 0.1) is 5.41 Å². The fourth-order valence-electron chi connectivity index (χ4n) is 8.66. The van der Waals surface area contributed by atoms with Crippen LogP contribution in [0.15, 0.2) is 48.5 Å². The minimum atomic E-state index is -1.90. The van der Waals surface area contributed by atoms with E-state index in [1.54, 1.807) is 24.3 Å². The summed E-state index contributed by atoms with van der Waals surface area (Å²) in [5.74, 6) is 0.407. The van der Waals surface area contributed by atoms with E-state index in [0.717, 1.165) is 37.4 Å². The molecule has 5 aliphatic rings. The van der Waals surface area contributed by atoms with Gasteiger partial charge in [-0.05, 0) is 50.1 Å². The lowest BCUT2D eigenvalue weighted by Crippen LogP contribution is -2.67. The largest absolute Gasteiger partial charge is 0.462 e. The van der Waals surface area contributed by atoms with Crippen LogP contribution >= 0.6 is 0 Å². The average Bonchev–Trinajstić information content (AvgIpc) is 3.29. The van der Waals surface area contributed by atoms with Crippen molar-refractivity contribution in [2.75, 3.05) is 50.9 Å². The topological polar surface area (TPSA) is 259 Å². The summed E-state index contributed by atoms with van der Waals surface area (Å²) in [6.45, 7) is 12.2. The molecule has 5 heterocycles. The zero-order valence-electron chi connectivity index (χ0n) is 36.9. The van der Waals surface area contributed by atoms with Crippen molar-refractivity contribution in [1.82, 2.24) is 4.90 Å². The molecule has 2 aromatic rings.